The maximum Gasteiger partial charge on any atom is 0.214 e. The molecule has 4 aromatic rings. The Morgan fingerprint density at radius 2 is 1.72 bits per heavy atom. The molecule has 0 aliphatic rings. The molecule has 0 bridgehead atoms. The fourth-order valence-corrected chi connectivity index (χ4v) is 4.05. The number of aromatic nitrogens is 3. The van der Waals surface area contributed by atoms with Gasteiger partial charge in [0.2, 0.25) is 4.77 Å². The highest BCUT2D eigenvalue weighted by atomic mass is 79.9. The molecule has 0 aliphatic heterocycles. The molecule has 32 heavy (non-hydrogen) atoms. The monoisotopic (exact) mass is 510 g/mol. The molecule has 164 valence electrons. The van der Waals surface area contributed by atoms with Crippen LogP contribution in [0.1, 0.15) is 18.1 Å². The SMILES string of the molecule is CCOc1cc(CNn2c(-c3ccccc3)n[nH]c2=S)cc(Br)c1OCc1ccccc1. The van der Waals surface area contributed by atoms with Gasteiger partial charge in [-0.25, -0.2) is 9.77 Å². The van der Waals surface area contributed by atoms with Crippen LogP contribution in [0.15, 0.2) is 77.3 Å². The third-order valence-electron chi connectivity index (χ3n) is 4.74. The third kappa shape index (κ3) is 5.20. The average molecular weight is 511 g/mol. The van der Waals surface area contributed by atoms with E-state index >= 15 is 0 Å². The normalized spacial score (nSPS) is 10.7. The van der Waals surface area contributed by atoms with Gasteiger partial charge in [-0.1, -0.05) is 60.7 Å². The van der Waals surface area contributed by atoms with Gasteiger partial charge in [-0.3, -0.25) is 0 Å². The number of halogens is 1. The van der Waals surface area contributed by atoms with Crippen LogP contribution in [0.5, 0.6) is 11.5 Å². The van der Waals surface area contributed by atoms with Gasteiger partial charge in [0.15, 0.2) is 17.3 Å². The van der Waals surface area contributed by atoms with Crippen molar-refractivity contribution in [3.05, 3.63) is 93.2 Å². The van der Waals surface area contributed by atoms with Crippen LogP contribution in [0, 0.1) is 4.77 Å². The van der Waals surface area contributed by atoms with E-state index in [1.807, 2.05) is 79.7 Å². The Bertz CT molecular complexity index is 1230. The van der Waals surface area contributed by atoms with Crippen molar-refractivity contribution in [2.45, 2.75) is 20.1 Å². The summed E-state index contributed by atoms with van der Waals surface area (Å²) in [4.78, 5) is 0. The molecule has 1 aromatic heterocycles. The zero-order valence-corrected chi connectivity index (χ0v) is 19.9. The molecule has 0 amide bonds. The lowest BCUT2D eigenvalue weighted by atomic mass is 10.2. The molecule has 6 nitrogen and oxygen atoms in total. The van der Waals surface area contributed by atoms with Gasteiger partial charge in [-0.2, -0.15) is 5.10 Å². The molecule has 0 fully saturated rings. The van der Waals surface area contributed by atoms with E-state index in [1.54, 1.807) is 4.68 Å². The fraction of sp³-hybridized carbons (Fsp3) is 0.167. The lowest BCUT2D eigenvalue weighted by Crippen LogP contribution is -2.16. The Morgan fingerprint density at radius 3 is 2.44 bits per heavy atom. The second kappa shape index (κ2) is 10.5. The maximum atomic E-state index is 6.08. The van der Waals surface area contributed by atoms with Crippen molar-refractivity contribution in [2.75, 3.05) is 12.0 Å². The minimum absolute atomic E-state index is 0.460. The summed E-state index contributed by atoms with van der Waals surface area (Å²) >= 11 is 9.06. The van der Waals surface area contributed by atoms with Crippen molar-refractivity contribution in [3.63, 3.8) is 0 Å². The lowest BCUT2D eigenvalue weighted by molar-refractivity contribution is 0.267. The number of nitrogens with zero attached hydrogens (tertiary/aromatic N) is 2. The predicted molar refractivity (Wildman–Crippen MR) is 132 cm³/mol. The fourth-order valence-electron chi connectivity index (χ4n) is 3.25. The first-order valence-electron chi connectivity index (χ1n) is 10.2. The highest BCUT2D eigenvalue weighted by Gasteiger charge is 2.14. The summed E-state index contributed by atoms with van der Waals surface area (Å²) in [6, 6.07) is 23.9. The molecule has 0 saturated carbocycles. The summed E-state index contributed by atoms with van der Waals surface area (Å²) < 4.78 is 15.1. The lowest BCUT2D eigenvalue weighted by Gasteiger charge is -2.16. The van der Waals surface area contributed by atoms with Crippen LogP contribution >= 0.6 is 28.1 Å². The Hall–Kier alpha value is -3.10. The van der Waals surface area contributed by atoms with E-state index in [-0.39, 0.29) is 0 Å². The van der Waals surface area contributed by atoms with Crippen molar-refractivity contribution in [3.8, 4) is 22.9 Å². The van der Waals surface area contributed by atoms with Crippen LogP contribution in [0.3, 0.4) is 0 Å². The largest absolute Gasteiger partial charge is 0.490 e. The number of aromatic amines is 1. The molecule has 0 saturated heterocycles. The van der Waals surface area contributed by atoms with Crippen molar-refractivity contribution in [2.24, 2.45) is 0 Å². The first kappa shape index (κ1) is 22.1. The Morgan fingerprint density at radius 1 is 1.00 bits per heavy atom. The summed E-state index contributed by atoms with van der Waals surface area (Å²) in [5.74, 6) is 2.10. The molecular formula is C24H23BrN4O2S. The van der Waals surface area contributed by atoms with Crippen LogP contribution in [-0.2, 0) is 13.2 Å². The van der Waals surface area contributed by atoms with E-state index in [0.717, 1.165) is 27.0 Å². The molecule has 0 aliphatic carbocycles. The molecule has 0 spiro atoms. The van der Waals surface area contributed by atoms with Crippen molar-refractivity contribution < 1.29 is 9.47 Å². The van der Waals surface area contributed by atoms with Gasteiger partial charge in [-0.05, 0) is 58.3 Å². The average Bonchev–Trinajstić information content (AvgIpc) is 3.19. The number of nitrogens with one attached hydrogen (secondary N) is 2. The van der Waals surface area contributed by atoms with E-state index < -0.39 is 0 Å². The number of H-pyrrole nitrogens is 1. The van der Waals surface area contributed by atoms with Gasteiger partial charge in [0.05, 0.1) is 17.6 Å². The zero-order chi connectivity index (χ0) is 22.3. The smallest absolute Gasteiger partial charge is 0.214 e. The summed E-state index contributed by atoms with van der Waals surface area (Å²) in [6.45, 7) is 3.47. The van der Waals surface area contributed by atoms with E-state index in [1.165, 1.54) is 0 Å². The minimum Gasteiger partial charge on any atom is -0.490 e. The number of ether oxygens (including phenoxy) is 2. The first-order chi connectivity index (χ1) is 15.7. The summed E-state index contributed by atoms with van der Waals surface area (Å²) in [7, 11) is 0. The van der Waals surface area contributed by atoms with E-state index in [0.29, 0.717) is 36.0 Å². The minimum atomic E-state index is 0.460. The quantitative estimate of drug-likeness (QED) is 0.266. The van der Waals surface area contributed by atoms with E-state index in [4.69, 9.17) is 21.7 Å². The Balaban J connectivity index is 1.54. The summed E-state index contributed by atoms with van der Waals surface area (Å²) in [5.41, 5.74) is 6.42. The molecule has 3 aromatic carbocycles. The summed E-state index contributed by atoms with van der Waals surface area (Å²) in [5, 5.41) is 7.22. The molecule has 8 heteroatoms. The molecule has 1 heterocycles. The van der Waals surface area contributed by atoms with Crippen molar-refractivity contribution in [1.82, 2.24) is 14.9 Å². The molecule has 0 unspecified atom stereocenters. The van der Waals surface area contributed by atoms with Crippen molar-refractivity contribution >= 4 is 28.1 Å². The summed E-state index contributed by atoms with van der Waals surface area (Å²) in [6.07, 6.45) is 0. The third-order valence-corrected chi connectivity index (χ3v) is 5.60. The zero-order valence-electron chi connectivity index (χ0n) is 17.5. The predicted octanol–water partition coefficient (Wildman–Crippen LogP) is 6.09. The second-order valence-corrected chi connectivity index (χ2v) is 8.24. The molecule has 2 N–H and O–H groups in total. The molecular weight excluding hydrogens is 488 g/mol. The van der Waals surface area contributed by atoms with E-state index in [2.05, 4.69) is 31.6 Å². The standard InChI is InChI=1S/C24H23BrN4O2S/c1-2-30-21-14-18(13-20(25)22(21)31-16-17-9-5-3-6-10-17)15-26-29-23(27-28-24(29)32)19-11-7-4-8-12-19/h3-14,26H,2,15-16H2,1H3,(H,28,32). The molecule has 0 radical (unpaired) electrons. The van der Waals surface area contributed by atoms with Crippen LogP contribution in [-0.4, -0.2) is 21.5 Å². The van der Waals surface area contributed by atoms with Crippen LogP contribution < -0.4 is 14.9 Å². The molecule has 0 atom stereocenters. The number of rotatable bonds is 9. The van der Waals surface area contributed by atoms with Gasteiger partial charge in [0.1, 0.15) is 6.61 Å². The Kier molecular flexibility index (Phi) is 7.24. The Labute approximate surface area is 200 Å². The number of hydrogen-bond acceptors (Lipinski definition) is 5. The van der Waals surface area contributed by atoms with Gasteiger partial charge >= 0.3 is 0 Å². The van der Waals surface area contributed by atoms with Gasteiger partial charge in [0, 0.05) is 5.56 Å². The van der Waals surface area contributed by atoms with Crippen LogP contribution in [0.2, 0.25) is 0 Å². The molecule has 4 rings (SSSR count). The number of hydrogen-bond donors (Lipinski definition) is 2. The van der Waals surface area contributed by atoms with Crippen molar-refractivity contribution in [1.29, 1.82) is 0 Å². The maximum absolute atomic E-state index is 6.08. The highest BCUT2D eigenvalue weighted by Crippen LogP contribution is 2.37. The highest BCUT2D eigenvalue weighted by molar-refractivity contribution is 9.10. The topological polar surface area (TPSA) is 64.1 Å². The van der Waals surface area contributed by atoms with Gasteiger partial charge in [0.25, 0.3) is 0 Å². The number of benzene rings is 3. The van der Waals surface area contributed by atoms with Gasteiger partial charge in [-0.15, -0.1) is 0 Å². The first-order valence-corrected chi connectivity index (χ1v) is 11.4. The van der Waals surface area contributed by atoms with Crippen LogP contribution in [0.4, 0.5) is 0 Å². The van der Waals surface area contributed by atoms with Gasteiger partial charge < -0.3 is 14.9 Å². The van der Waals surface area contributed by atoms with Crippen LogP contribution in [0.25, 0.3) is 11.4 Å². The second-order valence-electron chi connectivity index (χ2n) is 7.00. The van der Waals surface area contributed by atoms with E-state index in [9.17, 15) is 0 Å².